The van der Waals surface area contributed by atoms with Crippen molar-refractivity contribution in [1.82, 2.24) is 0 Å². The van der Waals surface area contributed by atoms with Crippen molar-refractivity contribution in [3.8, 4) is 0 Å². The summed E-state index contributed by atoms with van der Waals surface area (Å²) in [6.07, 6.45) is -4.80. The summed E-state index contributed by atoms with van der Waals surface area (Å²) in [6, 6.07) is 4.89. The highest BCUT2D eigenvalue weighted by molar-refractivity contribution is 7.93. The molecule has 1 unspecified atom stereocenters. The van der Waals surface area contributed by atoms with E-state index in [4.69, 9.17) is 11.6 Å². The molecule has 0 fully saturated rings. The zero-order chi connectivity index (χ0) is 22.9. The van der Waals surface area contributed by atoms with Gasteiger partial charge in [-0.3, -0.25) is 9.10 Å². The average molecular weight is 465 g/mol. The summed E-state index contributed by atoms with van der Waals surface area (Å²) < 4.78 is 66.0. The van der Waals surface area contributed by atoms with Crippen LogP contribution in [-0.2, 0) is 25.8 Å². The quantitative estimate of drug-likeness (QED) is 0.672. The van der Waals surface area contributed by atoms with Gasteiger partial charge >= 0.3 is 12.1 Å². The number of benzene rings is 2. The highest BCUT2D eigenvalue weighted by atomic mass is 35.5. The Kier molecular flexibility index (Phi) is 6.67. The number of sulfonamides is 1. The molecule has 1 amide bonds. The minimum absolute atomic E-state index is 0.274. The molecule has 0 aliphatic heterocycles. The third-order valence-electron chi connectivity index (χ3n) is 3.95. The van der Waals surface area contributed by atoms with E-state index in [1.165, 1.54) is 19.1 Å². The third kappa shape index (κ3) is 5.03. The van der Waals surface area contributed by atoms with E-state index in [2.05, 4.69) is 5.32 Å². The van der Waals surface area contributed by atoms with Crippen LogP contribution < -0.4 is 9.62 Å². The monoisotopic (exact) mass is 464 g/mol. The lowest BCUT2D eigenvalue weighted by Gasteiger charge is -2.29. The van der Waals surface area contributed by atoms with Crippen LogP contribution in [0.3, 0.4) is 0 Å². The molecule has 0 heterocycles. The zero-order valence-electron chi connectivity index (χ0n) is 15.6. The number of nitrogens with one attached hydrogen (secondary N) is 1. The molecule has 0 aliphatic carbocycles. The smallest absolute Gasteiger partial charge is 0.416 e. The lowest BCUT2D eigenvalue weighted by molar-refractivity contribution is -0.138. The first-order valence-electron chi connectivity index (χ1n) is 8.27. The second-order valence-electron chi connectivity index (χ2n) is 6.18. The van der Waals surface area contributed by atoms with Crippen LogP contribution in [0.25, 0.3) is 0 Å². The minimum atomic E-state index is -4.80. The van der Waals surface area contributed by atoms with E-state index in [1.807, 2.05) is 0 Å². The molecule has 0 aliphatic rings. The van der Waals surface area contributed by atoms with Crippen LogP contribution in [0, 0.1) is 0 Å². The SMILES string of the molecule is CC(=O)Nc1ccc(S(=O)(=O)N(c2cc(C(F)(F)F)ccc2Cl)C(C)C(=O)O)cc1. The van der Waals surface area contributed by atoms with Crippen LogP contribution >= 0.6 is 11.6 Å². The lowest BCUT2D eigenvalue weighted by Crippen LogP contribution is -2.43. The van der Waals surface area contributed by atoms with Crippen LogP contribution in [-0.4, -0.2) is 31.4 Å². The summed E-state index contributed by atoms with van der Waals surface area (Å²) in [5.74, 6) is -2.00. The largest absolute Gasteiger partial charge is 0.480 e. The first-order valence-corrected chi connectivity index (χ1v) is 10.1. The van der Waals surface area contributed by atoms with E-state index in [9.17, 15) is 36.3 Å². The van der Waals surface area contributed by atoms with Gasteiger partial charge in [0.2, 0.25) is 5.91 Å². The first-order chi connectivity index (χ1) is 13.7. The second-order valence-corrected chi connectivity index (χ2v) is 8.41. The van der Waals surface area contributed by atoms with E-state index >= 15 is 0 Å². The molecule has 2 rings (SSSR count). The number of carboxylic acid groups (broad SMARTS) is 1. The number of alkyl halides is 3. The number of carbonyl (C=O) groups excluding carboxylic acids is 1. The highest BCUT2D eigenvalue weighted by Gasteiger charge is 2.37. The standard InChI is InChI=1S/C18H16ClF3N2O5S/c1-10(17(26)27)24(16-9-12(18(20,21)22)3-8-15(16)19)30(28,29)14-6-4-13(5-7-14)23-11(2)25/h3-10H,1-2H3,(H,23,25)(H,26,27). The molecule has 0 aromatic heterocycles. The van der Waals surface area contributed by atoms with Gasteiger partial charge < -0.3 is 10.4 Å². The topological polar surface area (TPSA) is 104 Å². The van der Waals surface area contributed by atoms with Crippen LogP contribution in [0.1, 0.15) is 19.4 Å². The Hall–Kier alpha value is -2.79. The molecule has 12 heteroatoms. The number of nitrogens with zero attached hydrogens (tertiary/aromatic N) is 1. The fourth-order valence-corrected chi connectivity index (χ4v) is 4.41. The lowest BCUT2D eigenvalue weighted by atomic mass is 10.2. The van der Waals surface area contributed by atoms with Crippen LogP contribution in [0.5, 0.6) is 0 Å². The van der Waals surface area contributed by atoms with Gasteiger partial charge in [-0.25, -0.2) is 13.2 Å². The van der Waals surface area contributed by atoms with Gasteiger partial charge in [-0.2, -0.15) is 13.2 Å². The van der Waals surface area contributed by atoms with Crippen molar-refractivity contribution in [2.75, 3.05) is 9.62 Å². The van der Waals surface area contributed by atoms with Gasteiger partial charge in [0.15, 0.2) is 0 Å². The number of halogens is 4. The molecule has 0 saturated carbocycles. The summed E-state index contributed by atoms with van der Waals surface area (Å²) in [7, 11) is -4.64. The van der Waals surface area contributed by atoms with E-state index in [0.717, 1.165) is 25.1 Å². The molecule has 2 aromatic carbocycles. The van der Waals surface area contributed by atoms with Gasteiger partial charge in [0.1, 0.15) is 6.04 Å². The maximum atomic E-state index is 13.2. The van der Waals surface area contributed by atoms with Crippen molar-refractivity contribution in [2.24, 2.45) is 0 Å². The predicted molar refractivity (Wildman–Crippen MR) is 104 cm³/mol. The fourth-order valence-electron chi connectivity index (χ4n) is 2.53. The molecular weight excluding hydrogens is 449 g/mol. The summed E-state index contributed by atoms with van der Waals surface area (Å²) in [6.45, 7) is 2.25. The Balaban J connectivity index is 2.65. The van der Waals surface area contributed by atoms with Gasteiger partial charge in [-0.1, -0.05) is 11.6 Å². The minimum Gasteiger partial charge on any atom is -0.480 e. The summed E-state index contributed by atoms with van der Waals surface area (Å²) in [4.78, 5) is 22.2. The Morgan fingerprint density at radius 3 is 2.17 bits per heavy atom. The van der Waals surface area contributed by atoms with Crippen LogP contribution in [0.15, 0.2) is 47.4 Å². The molecular formula is C18H16ClF3N2O5S. The molecule has 0 saturated heterocycles. The number of carbonyl (C=O) groups is 2. The Morgan fingerprint density at radius 2 is 1.70 bits per heavy atom. The predicted octanol–water partition coefficient (Wildman–Crippen LogP) is 3.99. The van der Waals surface area contributed by atoms with E-state index < -0.39 is 50.3 Å². The van der Waals surface area contributed by atoms with E-state index in [1.54, 1.807) is 0 Å². The van der Waals surface area contributed by atoms with Gasteiger partial charge in [0, 0.05) is 12.6 Å². The Labute approximate surface area is 175 Å². The number of carboxylic acids is 1. The van der Waals surface area contributed by atoms with Crippen LogP contribution in [0.4, 0.5) is 24.5 Å². The third-order valence-corrected chi connectivity index (χ3v) is 6.17. The number of aliphatic carboxylic acids is 1. The molecule has 2 N–H and O–H groups in total. The van der Waals surface area contributed by atoms with Gasteiger partial charge in [0.25, 0.3) is 10.0 Å². The van der Waals surface area contributed by atoms with Crippen molar-refractivity contribution in [3.05, 3.63) is 53.1 Å². The normalized spacial score (nSPS) is 12.9. The molecule has 2 aromatic rings. The van der Waals surface area contributed by atoms with Crippen molar-refractivity contribution < 1.29 is 36.3 Å². The maximum Gasteiger partial charge on any atom is 0.416 e. The molecule has 1 atom stereocenters. The number of hydrogen-bond donors (Lipinski definition) is 2. The first kappa shape index (κ1) is 23.5. The van der Waals surface area contributed by atoms with Gasteiger partial charge in [0.05, 0.1) is 21.2 Å². The summed E-state index contributed by atoms with van der Waals surface area (Å²) >= 11 is 5.95. The summed E-state index contributed by atoms with van der Waals surface area (Å²) in [5.41, 5.74) is -1.55. The molecule has 30 heavy (non-hydrogen) atoms. The van der Waals surface area contributed by atoms with Crippen LogP contribution in [0.2, 0.25) is 5.02 Å². The molecule has 0 spiro atoms. The Bertz CT molecular complexity index is 1070. The van der Waals surface area contributed by atoms with Gasteiger partial charge in [-0.15, -0.1) is 0 Å². The second kappa shape index (κ2) is 8.52. The molecule has 0 bridgehead atoms. The zero-order valence-corrected chi connectivity index (χ0v) is 17.1. The van der Waals surface area contributed by atoms with Crippen molar-refractivity contribution in [2.45, 2.75) is 31.0 Å². The Morgan fingerprint density at radius 1 is 1.13 bits per heavy atom. The van der Waals surface area contributed by atoms with E-state index in [0.29, 0.717) is 16.4 Å². The van der Waals surface area contributed by atoms with E-state index in [-0.39, 0.29) is 10.7 Å². The fraction of sp³-hybridized carbons (Fsp3) is 0.222. The number of rotatable bonds is 6. The maximum absolute atomic E-state index is 13.2. The number of hydrogen-bond acceptors (Lipinski definition) is 4. The average Bonchev–Trinajstić information content (AvgIpc) is 2.62. The molecule has 7 nitrogen and oxygen atoms in total. The number of amides is 1. The number of anilines is 2. The van der Waals surface area contributed by atoms with Crippen molar-refractivity contribution in [3.63, 3.8) is 0 Å². The highest BCUT2D eigenvalue weighted by Crippen LogP contribution is 2.38. The molecule has 162 valence electrons. The van der Waals surface area contributed by atoms with Crippen molar-refractivity contribution in [1.29, 1.82) is 0 Å². The summed E-state index contributed by atoms with van der Waals surface area (Å²) in [5, 5.41) is 11.4. The van der Waals surface area contributed by atoms with Crippen molar-refractivity contribution >= 4 is 44.9 Å². The van der Waals surface area contributed by atoms with Gasteiger partial charge in [-0.05, 0) is 49.4 Å². The molecule has 0 radical (unpaired) electrons.